The van der Waals surface area contributed by atoms with Gasteiger partial charge in [0.1, 0.15) is 18.0 Å². The number of aryl methyl sites for hydroxylation is 2. The van der Waals surface area contributed by atoms with E-state index in [1.807, 2.05) is 73.7 Å². The van der Waals surface area contributed by atoms with Gasteiger partial charge >= 0.3 is 6.03 Å². The highest BCUT2D eigenvalue weighted by molar-refractivity contribution is 5.91. The van der Waals surface area contributed by atoms with E-state index in [9.17, 15) is 19.5 Å². The fraction of sp³-hybridized carbons (Fsp3) is 0.323. The van der Waals surface area contributed by atoms with Crippen molar-refractivity contribution in [1.82, 2.24) is 25.1 Å². The molecule has 0 aromatic heterocycles. The Kier molecular flexibility index (Phi) is 8.02. The van der Waals surface area contributed by atoms with E-state index in [1.54, 1.807) is 39.0 Å². The number of likely N-dealkylation sites (N-methyl/N-ethyl adjacent to an activating group) is 1. The Labute approximate surface area is 234 Å². The molecule has 40 heavy (non-hydrogen) atoms. The molecule has 4 amide bonds. The van der Waals surface area contributed by atoms with Crippen molar-refractivity contribution in [1.29, 1.82) is 0 Å². The fourth-order valence-corrected chi connectivity index (χ4v) is 5.46. The summed E-state index contributed by atoms with van der Waals surface area (Å²) < 4.78 is 0. The zero-order chi connectivity index (χ0) is 28.2. The van der Waals surface area contributed by atoms with Crippen molar-refractivity contribution in [2.24, 2.45) is 0 Å². The van der Waals surface area contributed by atoms with E-state index in [2.05, 4.69) is 5.32 Å². The second-order valence-electron chi connectivity index (χ2n) is 10.5. The van der Waals surface area contributed by atoms with E-state index in [1.165, 1.54) is 0 Å². The highest BCUT2D eigenvalue weighted by Crippen LogP contribution is 2.29. The number of fused-ring (bicyclic) bond motifs is 1. The number of carbonyl (C=O) groups is 3. The zero-order valence-corrected chi connectivity index (χ0v) is 22.9. The van der Waals surface area contributed by atoms with E-state index in [-0.39, 0.29) is 36.7 Å². The monoisotopic (exact) mass is 541 g/mol. The fourth-order valence-electron chi connectivity index (χ4n) is 5.46. The minimum atomic E-state index is -0.719. The molecule has 5 rings (SSSR count). The van der Waals surface area contributed by atoms with Crippen LogP contribution in [-0.4, -0.2) is 75.1 Å². The molecule has 2 atom stereocenters. The molecule has 0 saturated carbocycles. The molecule has 208 valence electrons. The molecule has 0 spiro atoms. The van der Waals surface area contributed by atoms with Gasteiger partial charge in [-0.05, 0) is 48.6 Å². The van der Waals surface area contributed by atoms with Crippen LogP contribution < -0.4 is 5.32 Å². The number of amides is 4. The summed E-state index contributed by atoms with van der Waals surface area (Å²) in [6.07, 6.45) is 0.302. The van der Waals surface area contributed by atoms with Crippen LogP contribution in [0.25, 0.3) is 0 Å². The molecule has 3 aromatic carbocycles. The smallest absolute Gasteiger partial charge is 0.334 e. The van der Waals surface area contributed by atoms with Gasteiger partial charge in [0.15, 0.2) is 0 Å². The lowest BCUT2D eigenvalue weighted by Gasteiger charge is -2.54. The first-order valence-corrected chi connectivity index (χ1v) is 13.6. The molecule has 0 aliphatic carbocycles. The summed E-state index contributed by atoms with van der Waals surface area (Å²) in [5.41, 5.74) is 4.04. The maximum atomic E-state index is 13.9. The summed E-state index contributed by atoms with van der Waals surface area (Å²) in [6.45, 7) is 2.95. The van der Waals surface area contributed by atoms with Gasteiger partial charge in [0.25, 0.3) is 0 Å². The molecule has 2 aliphatic rings. The van der Waals surface area contributed by atoms with Gasteiger partial charge in [0.05, 0.1) is 13.1 Å². The van der Waals surface area contributed by atoms with Crippen molar-refractivity contribution < 1.29 is 19.5 Å². The summed E-state index contributed by atoms with van der Waals surface area (Å²) in [7, 11) is 1.73. The average Bonchev–Trinajstić information content (AvgIpc) is 2.94. The largest absolute Gasteiger partial charge is 0.508 e. The number of hydrazine groups is 1. The highest BCUT2D eigenvalue weighted by Gasteiger charge is 2.50. The first-order chi connectivity index (χ1) is 19.3. The maximum absolute atomic E-state index is 13.9. The molecular formula is C31H35N5O4. The Bertz CT molecular complexity index is 1350. The number of benzene rings is 3. The molecule has 0 bridgehead atoms. The molecule has 0 unspecified atom stereocenters. The van der Waals surface area contributed by atoms with E-state index < -0.39 is 12.2 Å². The van der Waals surface area contributed by atoms with Crippen LogP contribution in [0.2, 0.25) is 0 Å². The van der Waals surface area contributed by atoms with Crippen LogP contribution >= 0.6 is 0 Å². The van der Waals surface area contributed by atoms with Crippen LogP contribution in [0.5, 0.6) is 5.75 Å². The summed E-state index contributed by atoms with van der Waals surface area (Å²) in [4.78, 5) is 44.2. The Hall–Kier alpha value is -4.37. The average molecular weight is 542 g/mol. The number of phenols is 1. The second kappa shape index (κ2) is 11.8. The molecule has 9 nitrogen and oxygen atoms in total. The lowest BCUT2D eigenvalue weighted by Crippen LogP contribution is -2.75. The lowest BCUT2D eigenvalue weighted by molar-refractivity contribution is -0.188. The number of hydrogen-bond donors (Lipinski definition) is 2. The van der Waals surface area contributed by atoms with Crippen LogP contribution in [0.3, 0.4) is 0 Å². The molecular weight excluding hydrogens is 506 g/mol. The third-order valence-electron chi connectivity index (χ3n) is 7.57. The topological polar surface area (TPSA) is 96.4 Å². The number of carbonyl (C=O) groups excluding carboxylic acids is 3. The van der Waals surface area contributed by atoms with Crippen LogP contribution in [0, 0.1) is 6.92 Å². The summed E-state index contributed by atoms with van der Waals surface area (Å²) >= 11 is 0. The molecule has 2 N–H and O–H groups in total. The number of urea groups is 1. The number of rotatable bonds is 7. The maximum Gasteiger partial charge on any atom is 0.334 e. The van der Waals surface area contributed by atoms with Crippen molar-refractivity contribution in [2.75, 3.05) is 20.1 Å². The molecule has 0 radical (unpaired) electrons. The summed E-state index contributed by atoms with van der Waals surface area (Å²) in [6, 6.07) is 23.5. The molecule has 2 aliphatic heterocycles. The van der Waals surface area contributed by atoms with Crippen LogP contribution in [0.4, 0.5) is 4.79 Å². The normalized spacial score (nSPS) is 19.5. The lowest BCUT2D eigenvalue weighted by atomic mass is 9.98. The van der Waals surface area contributed by atoms with E-state index in [0.29, 0.717) is 25.9 Å². The van der Waals surface area contributed by atoms with Crippen molar-refractivity contribution in [3.63, 3.8) is 0 Å². The number of nitrogens with zero attached hydrogens (tertiary/aromatic N) is 4. The standard InChI is InChI=1S/C31H35N5O4/c1-22-8-10-25(11-9-22)19-34-20-28-35(27(30(34)39)17-14-23-12-15-26(37)16-13-23)29(38)21-33(2)36(28)31(40)32-18-24-6-4-3-5-7-24/h3-13,15-16,27-28,37H,14,17-21H2,1-2H3,(H,32,40)/t27-,28-/m0/s1. The second-order valence-corrected chi connectivity index (χ2v) is 10.5. The van der Waals surface area contributed by atoms with Crippen LogP contribution in [0.1, 0.15) is 28.7 Å². The van der Waals surface area contributed by atoms with E-state index in [0.717, 1.165) is 22.3 Å². The Balaban J connectivity index is 1.42. The first-order valence-electron chi connectivity index (χ1n) is 13.6. The molecule has 2 heterocycles. The van der Waals surface area contributed by atoms with Crippen molar-refractivity contribution >= 4 is 17.8 Å². The van der Waals surface area contributed by atoms with Crippen LogP contribution in [-0.2, 0) is 29.1 Å². The molecule has 2 fully saturated rings. The number of aromatic hydroxyl groups is 1. The number of piperazine rings is 1. The molecule has 2 saturated heterocycles. The highest BCUT2D eigenvalue weighted by atomic mass is 16.3. The summed E-state index contributed by atoms with van der Waals surface area (Å²) in [5, 5.41) is 15.9. The van der Waals surface area contributed by atoms with Crippen molar-refractivity contribution in [2.45, 2.75) is 45.1 Å². The van der Waals surface area contributed by atoms with Gasteiger partial charge in [0.2, 0.25) is 11.8 Å². The quantitative estimate of drug-likeness (QED) is 0.479. The third-order valence-corrected chi connectivity index (χ3v) is 7.57. The first kappa shape index (κ1) is 27.2. The third kappa shape index (κ3) is 5.94. The number of hydrogen-bond acceptors (Lipinski definition) is 5. The van der Waals surface area contributed by atoms with E-state index in [4.69, 9.17) is 0 Å². The van der Waals surface area contributed by atoms with Gasteiger partial charge in [-0.2, -0.15) is 0 Å². The number of phenolic OH excluding ortho intramolecular Hbond substituents is 1. The minimum absolute atomic E-state index is 0.00376. The van der Waals surface area contributed by atoms with Gasteiger partial charge < -0.3 is 20.2 Å². The van der Waals surface area contributed by atoms with Gasteiger partial charge in [-0.1, -0.05) is 72.3 Å². The Morgan fingerprint density at radius 1 is 0.925 bits per heavy atom. The number of nitrogens with one attached hydrogen (secondary N) is 1. The van der Waals surface area contributed by atoms with Crippen molar-refractivity contribution in [3.8, 4) is 5.75 Å². The van der Waals surface area contributed by atoms with Gasteiger partial charge in [-0.25, -0.2) is 14.8 Å². The Morgan fingerprint density at radius 3 is 2.30 bits per heavy atom. The molecule has 9 heteroatoms. The zero-order valence-electron chi connectivity index (χ0n) is 22.9. The predicted octanol–water partition coefficient (Wildman–Crippen LogP) is 3.27. The van der Waals surface area contributed by atoms with Gasteiger partial charge in [0, 0.05) is 20.1 Å². The van der Waals surface area contributed by atoms with Gasteiger partial charge in [-0.3, -0.25) is 9.59 Å². The van der Waals surface area contributed by atoms with E-state index >= 15 is 0 Å². The predicted molar refractivity (Wildman–Crippen MR) is 151 cm³/mol. The Morgan fingerprint density at radius 2 is 1.60 bits per heavy atom. The van der Waals surface area contributed by atoms with Crippen molar-refractivity contribution in [3.05, 3.63) is 101 Å². The van der Waals surface area contributed by atoms with Gasteiger partial charge in [-0.15, -0.1) is 0 Å². The SMILES string of the molecule is Cc1ccc(CN2C[C@H]3N(C(=O)CN(C)N3C(=O)NCc3ccccc3)[C@@H](CCc3ccc(O)cc3)C2=O)cc1. The minimum Gasteiger partial charge on any atom is -0.508 e. The van der Waals surface area contributed by atoms with Crippen LogP contribution in [0.15, 0.2) is 78.9 Å². The summed E-state index contributed by atoms with van der Waals surface area (Å²) in [5.74, 6) is -0.134. The molecule has 3 aromatic rings.